The number of Topliss-reactive ketones (excluding diaryl/α,β-unsaturated/α-hetero) is 1. The second-order valence-corrected chi connectivity index (χ2v) is 4.31. The number of carbonyl (C=O) groups excluding carboxylic acids is 1. The van der Waals surface area contributed by atoms with Gasteiger partial charge in [-0.1, -0.05) is 24.6 Å². The molecule has 0 heterocycles. The molecule has 3 heteroatoms. The van der Waals surface area contributed by atoms with Crippen LogP contribution in [0.3, 0.4) is 0 Å². The van der Waals surface area contributed by atoms with E-state index in [0.717, 1.165) is 5.56 Å². The van der Waals surface area contributed by atoms with Crippen LogP contribution in [0.2, 0.25) is 5.02 Å². The van der Waals surface area contributed by atoms with E-state index in [9.17, 15) is 9.90 Å². The topological polar surface area (TPSA) is 37.3 Å². The Kier molecular flexibility index (Phi) is 3.40. The highest BCUT2D eigenvalue weighted by molar-refractivity contribution is 6.32. The van der Waals surface area contributed by atoms with Crippen molar-refractivity contribution in [1.29, 1.82) is 0 Å². The minimum Gasteiger partial charge on any atom is -0.508 e. The van der Waals surface area contributed by atoms with Crippen molar-refractivity contribution in [2.75, 3.05) is 0 Å². The van der Waals surface area contributed by atoms with Gasteiger partial charge in [0.05, 0.1) is 5.41 Å². The van der Waals surface area contributed by atoms with Crippen molar-refractivity contribution in [2.45, 2.75) is 32.6 Å². The highest BCUT2D eigenvalue weighted by Crippen LogP contribution is 2.35. The number of benzene rings is 1. The van der Waals surface area contributed by atoms with Crippen molar-refractivity contribution >= 4 is 17.4 Å². The largest absolute Gasteiger partial charge is 0.508 e. The van der Waals surface area contributed by atoms with Crippen LogP contribution in [-0.2, 0) is 10.2 Å². The molecule has 0 amide bonds. The predicted octanol–water partition coefficient (Wildman–Crippen LogP) is 3.30. The summed E-state index contributed by atoms with van der Waals surface area (Å²) >= 11 is 6.02. The Balaban J connectivity index is 3.30. The lowest BCUT2D eigenvalue weighted by atomic mass is 9.77. The molecule has 0 saturated carbocycles. The average Bonchev–Trinajstić information content (AvgIpc) is 2.16. The smallest absolute Gasteiger partial charge is 0.140 e. The van der Waals surface area contributed by atoms with Crippen LogP contribution >= 0.6 is 11.6 Å². The molecule has 0 fully saturated rings. The van der Waals surface area contributed by atoms with Gasteiger partial charge in [0.15, 0.2) is 0 Å². The van der Waals surface area contributed by atoms with Crippen LogP contribution < -0.4 is 0 Å². The predicted molar refractivity (Wildman–Crippen MR) is 61.4 cm³/mol. The molecule has 0 bridgehead atoms. The summed E-state index contributed by atoms with van der Waals surface area (Å²) in [6.07, 6.45) is 0.687. The van der Waals surface area contributed by atoms with E-state index < -0.39 is 5.41 Å². The van der Waals surface area contributed by atoms with E-state index in [0.29, 0.717) is 11.4 Å². The van der Waals surface area contributed by atoms with Gasteiger partial charge >= 0.3 is 0 Å². The molecule has 1 rings (SSSR count). The van der Waals surface area contributed by atoms with Gasteiger partial charge in [0.2, 0.25) is 0 Å². The van der Waals surface area contributed by atoms with Gasteiger partial charge in [-0.05, 0) is 38.0 Å². The number of phenolic OH excluding ortho intramolecular Hbond substituents is 1. The number of ketones is 1. The molecule has 0 aliphatic rings. The molecule has 82 valence electrons. The van der Waals surface area contributed by atoms with Crippen LogP contribution in [0.25, 0.3) is 0 Å². The Bertz CT molecular complexity index is 387. The van der Waals surface area contributed by atoms with Gasteiger partial charge in [-0.25, -0.2) is 0 Å². The normalized spacial score (nSPS) is 14.7. The maximum atomic E-state index is 11.6. The molecule has 0 spiro atoms. The number of halogens is 1. The molecule has 0 aliphatic carbocycles. The number of hydrogen-bond acceptors (Lipinski definition) is 2. The van der Waals surface area contributed by atoms with Gasteiger partial charge in [0, 0.05) is 5.02 Å². The second kappa shape index (κ2) is 4.23. The molecule has 0 aliphatic heterocycles. The van der Waals surface area contributed by atoms with Crippen molar-refractivity contribution in [3.05, 3.63) is 28.8 Å². The molecule has 0 radical (unpaired) electrons. The fraction of sp³-hybridized carbons (Fsp3) is 0.417. The number of phenols is 1. The van der Waals surface area contributed by atoms with Crippen LogP contribution in [-0.4, -0.2) is 10.9 Å². The zero-order valence-corrected chi connectivity index (χ0v) is 9.93. The molecular formula is C12H15ClO2. The van der Waals surface area contributed by atoms with E-state index in [-0.39, 0.29) is 11.5 Å². The molecule has 2 nitrogen and oxygen atoms in total. The van der Waals surface area contributed by atoms with Crippen LogP contribution in [0.15, 0.2) is 18.2 Å². The zero-order valence-electron chi connectivity index (χ0n) is 9.17. The molecule has 1 aromatic rings. The summed E-state index contributed by atoms with van der Waals surface area (Å²) in [5.74, 6) is 0.198. The lowest BCUT2D eigenvalue weighted by Gasteiger charge is -2.26. The molecule has 15 heavy (non-hydrogen) atoms. The number of carbonyl (C=O) groups is 1. The van der Waals surface area contributed by atoms with Crippen molar-refractivity contribution in [3.8, 4) is 5.75 Å². The van der Waals surface area contributed by atoms with Gasteiger partial charge in [-0.15, -0.1) is 0 Å². The summed E-state index contributed by atoms with van der Waals surface area (Å²) in [5, 5.41) is 9.68. The minimum atomic E-state index is -0.565. The highest BCUT2D eigenvalue weighted by atomic mass is 35.5. The quantitative estimate of drug-likeness (QED) is 0.859. The molecule has 1 atom stereocenters. The summed E-state index contributed by atoms with van der Waals surface area (Å²) in [6, 6.07) is 4.73. The third-order valence-electron chi connectivity index (χ3n) is 3.03. The first-order valence-corrected chi connectivity index (χ1v) is 5.29. The van der Waals surface area contributed by atoms with Crippen LogP contribution in [0, 0.1) is 0 Å². The van der Waals surface area contributed by atoms with Crippen molar-refractivity contribution in [2.24, 2.45) is 0 Å². The highest BCUT2D eigenvalue weighted by Gasteiger charge is 2.31. The maximum absolute atomic E-state index is 11.6. The van der Waals surface area contributed by atoms with Crippen molar-refractivity contribution in [1.82, 2.24) is 0 Å². The second-order valence-electron chi connectivity index (χ2n) is 3.91. The van der Waals surface area contributed by atoms with Crippen LogP contribution in [0.4, 0.5) is 0 Å². The minimum absolute atomic E-state index is 0.0811. The monoisotopic (exact) mass is 226 g/mol. The van der Waals surface area contributed by atoms with Gasteiger partial charge in [-0.2, -0.15) is 0 Å². The van der Waals surface area contributed by atoms with Gasteiger partial charge < -0.3 is 5.11 Å². The third-order valence-corrected chi connectivity index (χ3v) is 3.34. The molecule has 0 saturated heterocycles. The summed E-state index contributed by atoms with van der Waals surface area (Å²) in [5.41, 5.74) is 0.210. The van der Waals surface area contributed by atoms with Gasteiger partial charge in [-0.3, -0.25) is 4.79 Å². The zero-order chi connectivity index (χ0) is 11.6. The molecule has 0 aromatic heterocycles. The number of aromatic hydroxyl groups is 1. The van der Waals surface area contributed by atoms with E-state index in [1.807, 2.05) is 13.8 Å². The van der Waals surface area contributed by atoms with E-state index in [1.54, 1.807) is 19.1 Å². The van der Waals surface area contributed by atoms with Crippen molar-refractivity contribution in [3.63, 3.8) is 0 Å². The lowest BCUT2D eigenvalue weighted by molar-refractivity contribution is -0.122. The first kappa shape index (κ1) is 12.1. The molecule has 1 aromatic carbocycles. The summed E-state index contributed by atoms with van der Waals surface area (Å²) in [6.45, 7) is 5.38. The van der Waals surface area contributed by atoms with E-state index in [1.165, 1.54) is 6.07 Å². The summed E-state index contributed by atoms with van der Waals surface area (Å²) < 4.78 is 0. The van der Waals surface area contributed by atoms with Crippen LogP contribution in [0.5, 0.6) is 5.75 Å². The van der Waals surface area contributed by atoms with Gasteiger partial charge in [0.1, 0.15) is 11.5 Å². The average molecular weight is 227 g/mol. The Labute approximate surface area is 94.9 Å². The summed E-state index contributed by atoms with van der Waals surface area (Å²) in [4.78, 5) is 11.6. The fourth-order valence-corrected chi connectivity index (χ4v) is 1.96. The fourth-order valence-electron chi connectivity index (χ4n) is 1.58. The number of rotatable bonds is 3. The summed E-state index contributed by atoms with van der Waals surface area (Å²) in [7, 11) is 0. The third kappa shape index (κ3) is 2.15. The standard InChI is InChI=1S/C12H15ClO2/c1-4-12(3,8(2)14)10-6-5-9(15)7-11(10)13/h5-7,15H,4H2,1-3H3. The SMILES string of the molecule is CCC(C)(C(C)=O)c1ccc(O)cc1Cl. The van der Waals surface area contributed by atoms with Crippen molar-refractivity contribution < 1.29 is 9.90 Å². The Hall–Kier alpha value is -1.02. The molecule has 1 unspecified atom stereocenters. The van der Waals surface area contributed by atoms with Gasteiger partial charge in [0.25, 0.3) is 0 Å². The number of hydrogen-bond donors (Lipinski definition) is 1. The van der Waals surface area contributed by atoms with E-state index in [4.69, 9.17) is 11.6 Å². The lowest BCUT2D eigenvalue weighted by Crippen LogP contribution is -2.29. The van der Waals surface area contributed by atoms with E-state index in [2.05, 4.69) is 0 Å². The van der Waals surface area contributed by atoms with E-state index >= 15 is 0 Å². The Morgan fingerprint density at radius 1 is 1.53 bits per heavy atom. The molecular weight excluding hydrogens is 212 g/mol. The first-order chi connectivity index (χ1) is 6.91. The Morgan fingerprint density at radius 3 is 2.53 bits per heavy atom. The Morgan fingerprint density at radius 2 is 2.13 bits per heavy atom. The maximum Gasteiger partial charge on any atom is 0.140 e. The van der Waals surface area contributed by atoms with Crippen LogP contribution in [0.1, 0.15) is 32.8 Å². The first-order valence-electron chi connectivity index (χ1n) is 4.92. The molecule has 1 N–H and O–H groups in total.